The quantitative estimate of drug-likeness (QED) is 0.501. The maximum Gasteiger partial charge on any atom is 0.327 e. The van der Waals surface area contributed by atoms with Gasteiger partial charge in [-0.1, -0.05) is 17.7 Å². The third-order valence-electron chi connectivity index (χ3n) is 0.175. The van der Waals surface area contributed by atoms with Crippen LogP contribution in [0.25, 0.3) is 0 Å². The summed E-state index contributed by atoms with van der Waals surface area (Å²) in [6, 6.07) is 0. The van der Waals surface area contributed by atoms with Crippen molar-refractivity contribution in [2.75, 3.05) is 0 Å². The number of hydrogen-bond acceptors (Lipinski definition) is 1. The van der Waals surface area contributed by atoms with E-state index in [1.807, 2.05) is 27.7 Å². The van der Waals surface area contributed by atoms with E-state index in [4.69, 9.17) is 5.11 Å². The molecule has 76 valence electrons. The topological polar surface area (TPSA) is 37.3 Å². The molecule has 0 saturated heterocycles. The van der Waals surface area contributed by atoms with Gasteiger partial charge in [0.25, 0.3) is 0 Å². The Hall–Kier alpha value is -1.31. The van der Waals surface area contributed by atoms with Crippen LogP contribution in [0.3, 0.4) is 0 Å². The van der Waals surface area contributed by atoms with Crippen LogP contribution in [0, 0.1) is 0 Å². The van der Waals surface area contributed by atoms with Gasteiger partial charge in [0.1, 0.15) is 0 Å². The molecule has 2 nitrogen and oxygen atoms in total. The number of carboxylic acid groups (broad SMARTS) is 1. The number of rotatable bonds is 1. The Morgan fingerprint density at radius 3 is 1.15 bits per heavy atom. The summed E-state index contributed by atoms with van der Waals surface area (Å²) in [4.78, 5) is 9.25. The van der Waals surface area contributed by atoms with E-state index in [0.717, 1.165) is 6.08 Å². The van der Waals surface area contributed by atoms with Gasteiger partial charge in [-0.3, -0.25) is 0 Å². The second-order valence-electron chi connectivity index (χ2n) is 2.96. The number of carboxylic acids is 1. The molecule has 0 rings (SSSR count). The second kappa shape index (κ2) is 13.3. The molecule has 0 aromatic heterocycles. The van der Waals surface area contributed by atoms with E-state index in [9.17, 15) is 4.79 Å². The minimum Gasteiger partial charge on any atom is -0.478 e. The molecule has 0 spiro atoms. The first-order chi connectivity index (χ1) is 5.73. The van der Waals surface area contributed by atoms with Crippen molar-refractivity contribution in [3.8, 4) is 0 Å². The van der Waals surface area contributed by atoms with E-state index < -0.39 is 5.97 Å². The van der Waals surface area contributed by atoms with Crippen LogP contribution in [-0.2, 0) is 4.79 Å². The van der Waals surface area contributed by atoms with Crippen LogP contribution in [0.2, 0.25) is 0 Å². The van der Waals surface area contributed by atoms with Crippen LogP contribution in [0.15, 0.2) is 37.0 Å². The lowest BCUT2D eigenvalue weighted by atomic mass is 10.4. The molecule has 0 aliphatic carbocycles. The van der Waals surface area contributed by atoms with Crippen LogP contribution in [0.5, 0.6) is 0 Å². The van der Waals surface area contributed by atoms with Crippen molar-refractivity contribution in [3.63, 3.8) is 0 Å². The summed E-state index contributed by atoms with van der Waals surface area (Å²) in [6.45, 7) is 18.0. The Kier molecular flexibility index (Phi) is 18.1. The van der Waals surface area contributed by atoms with Crippen molar-refractivity contribution in [1.29, 1.82) is 0 Å². The summed E-state index contributed by atoms with van der Waals surface area (Å²) >= 11 is 0. The molecule has 0 saturated carbocycles. The van der Waals surface area contributed by atoms with Crippen molar-refractivity contribution in [3.05, 3.63) is 37.0 Å². The molecule has 0 aliphatic rings. The van der Waals surface area contributed by atoms with Crippen molar-refractivity contribution < 1.29 is 9.90 Å². The third-order valence-corrected chi connectivity index (χ3v) is 0.175. The smallest absolute Gasteiger partial charge is 0.327 e. The fraction of sp³-hybridized carbons (Fsp3) is 0.364. The molecule has 0 aromatic rings. The molecule has 0 heterocycles. The summed E-state index contributed by atoms with van der Waals surface area (Å²) < 4.78 is 0. The predicted molar refractivity (Wildman–Crippen MR) is 58.8 cm³/mol. The minimum absolute atomic E-state index is 0.833. The molecule has 0 fully saturated rings. The average molecular weight is 184 g/mol. The molecule has 0 amide bonds. The fourth-order valence-electron chi connectivity index (χ4n) is 0. The van der Waals surface area contributed by atoms with E-state index in [2.05, 4.69) is 19.7 Å². The molecular weight excluding hydrogens is 164 g/mol. The molecule has 0 atom stereocenters. The van der Waals surface area contributed by atoms with Gasteiger partial charge < -0.3 is 5.11 Å². The van der Waals surface area contributed by atoms with E-state index in [1.165, 1.54) is 11.1 Å². The van der Waals surface area contributed by atoms with Gasteiger partial charge in [-0.05, 0) is 27.7 Å². The molecule has 0 unspecified atom stereocenters. The first kappa shape index (κ1) is 17.7. The number of aliphatic carboxylic acids is 1. The maximum atomic E-state index is 9.25. The molecular formula is C11H20O2. The van der Waals surface area contributed by atoms with Crippen LogP contribution in [-0.4, -0.2) is 11.1 Å². The van der Waals surface area contributed by atoms with Crippen molar-refractivity contribution in [2.24, 2.45) is 0 Å². The average Bonchev–Trinajstić information content (AvgIpc) is 1.84. The predicted octanol–water partition coefficient (Wildman–Crippen LogP) is 3.42. The summed E-state index contributed by atoms with van der Waals surface area (Å²) in [7, 11) is 0. The zero-order chi connectivity index (χ0) is 11.4. The van der Waals surface area contributed by atoms with Gasteiger partial charge in [0.15, 0.2) is 0 Å². The van der Waals surface area contributed by atoms with Crippen molar-refractivity contribution in [1.82, 2.24) is 0 Å². The lowest BCUT2D eigenvalue weighted by Crippen LogP contribution is -1.82. The zero-order valence-electron chi connectivity index (χ0n) is 9.05. The summed E-state index contributed by atoms with van der Waals surface area (Å²) in [5.74, 6) is -0.981. The second-order valence-corrected chi connectivity index (χ2v) is 2.96. The first-order valence-electron chi connectivity index (χ1n) is 3.83. The lowest BCUT2D eigenvalue weighted by molar-refractivity contribution is -0.131. The van der Waals surface area contributed by atoms with Crippen molar-refractivity contribution in [2.45, 2.75) is 27.7 Å². The highest BCUT2D eigenvalue weighted by Crippen LogP contribution is 1.74. The molecule has 0 bridgehead atoms. The number of carbonyl (C=O) groups is 1. The Labute approximate surface area is 81.3 Å². The largest absolute Gasteiger partial charge is 0.478 e. The number of hydrogen-bond donors (Lipinski definition) is 1. The third kappa shape index (κ3) is 1700. The highest BCUT2D eigenvalue weighted by atomic mass is 16.4. The molecule has 1 N–H and O–H groups in total. The Balaban J connectivity index is -0.000000117. The van der Waals surface area contributed by atoms with Crippen molar-refractivity contribution >= 4 is 5.97 Å². The normalized spacial score (nSPS) is 6.46. The molecule has 0 aromatic carbocycles. The molecule has 13 heavy (non-hydrogen) atoms. The van der Waals surface area contributed by atoms with Gasteiger partial charge in [0, 0.05) is 6.08 Å². The Morgan fingerprint density at radius 2 is 1.15 bits per heavy atom. The van der Waals surface area contributed by atoms with Gasteiger partial charge in [0.2, 0.25) is 0 Å². The fourth-order valence-corrected chi connectivity index (χ4v) is 0. The Morgan fingerprint density at radius 1 is 1.08 bits per heavy atom. The van der Waals surface area contributed by atoms with Crippen LogP contribution in [0.1, 0.15) is 27.7 Å². The van der Waals surface area contributed by atoms with E-state index in [0.29, 0.717) is 0 Å². The van der Waals surface area contributed by atoms with Gasteiger partial charge in [-0.25, -0.2) is 4.79 Å². The van der Waals surface area contributed by atoms with Crippen LogP contribution < -0.4 is 0 Å². The molecule has 0 radical (unpaired) electrons. The lowest BCUT2D eigenvalue weighted by Gasteiger charge is -1.65. The minimum atomic E-state index is -0.981. The highest BCUT2D eigenvalue weighted by Gasteiger charge is 1.73. The standard InChI is InChI=1S/2C4H8.C3H4O2/c2*1-4(2)3;1-2-3(4)5/h2*1H2,2-3H3;2H,1H2,(H,4,5). The maximum absolute atomic E-state index is 9.25. The summed E-state index contributed by atoms with van der Waals surface area (Å²) in [6.07, 6.45) is 0.833. The van der Waals surface area contributed by atoms with Gasteiger partial charge in [0.05, 0.1) is 0 Å². The summed E-state index contributed by atoms with van der Waals surface area (Å²) in [5.41, 5.74) is 2.33. The highest BCUT2D eigenvalue weighted by molar-refractivity contribution is 5.78. The van der Waals surface area contributed by atoms with Gasteiger partial charge in [-0.15, -0.1) is 13.2 Å². The van der Waals surface area contributed by atoms with Gasteiger partial charge in [-0.2, -0.15) is 0 Å². The van der Waals surface area contributed by atoms with E-state index >= 15 is 0 Å². The summed E-state index contributed by atoms with van der Waals surface area (Å²) in [5, 5.41) is 7.60. The van der Waals surface area contributed by atoms with Crippen LogP contribution >= 0.6 is 0 Å². The molecule has 2 heteroatoms. The monoisotopic (exact) mass is 184 g/mol. The van der Waals surface area contributed by atoms with E-state index in [1.54, 1.807) is 0 Å². The number of allylic oxidation sites excluding steroid dienone is 2. The SMILES string of the molecule is C=C(C)C.C=C(C)C.C=CC(=O)O. The van der Waals surface area contributed by atoms with Crippen LogP contribution in [0.4, 0.5) is 0 Å². The zero-order valence-corrected chi connectivity index (χ0v) is 9.05. The molecule has 0 aliphatic heterocycles. The first-order valence-corrected chi connectivity index (χ1v) is 3.83. The van der Waals surface area contributed by atoms with E-state index in [-0.39, 0.29) is 0 Å². The van der Waals surface area contributed by atoms with Gasteiger partial charge >= 0.3 is 5.97 Å². The Bertz CT molecular complexity index is 159.